The fraction of sp³-hybridized carbons (Fsp3) is 0.286. The molecule has 3 rings (SSSR count). The van der Waals surface area contributed by atoms with Crippen molar-refractivity contribution in [1.82, 2.24) is 5.32 Å². The Bertz CT molecular complexity index is 683. The van der Waals surface area contributed by atoms with Gasteiger partial charge in [0.1, 0.15) is 5.75 Å². The number of aliphatic hydroxyl groups excluding tert-OH is 1. The summed E-state index contributed by atoms with van der Waals surface area (Å²) < 4.78 is 5.18. The first kappa shape index (κ1) is 21.9. The SMILES string of the molecule is COc1ccc(CCNC2CCc3cc(/C=C/O)ccc32)cc1.[CH3-].[Y]. The summed E-state index contributed by atoms with van der Waals surface area (Å²) in [5.41, 5.74) is 5.17. The molecule has 0 amide bonds. The third-order valence-electron chi connectivity index (χ3n) is 4.48. The Morgan fingerprint density at radius 1 is 1.20 bits per heavy atom. The van der Waals surface area contributed by atoms with Gasteiger partial charge in [-0.3, -0.25) is 0 Å². The topological polar surface area (TPSA) is 41.5 Å². The van der Waals surface area contributed by atoms with E-state index in [1.807, 2.05) is 12.1 Å². The molecule has 25 heavy (non-hydrogen) atoms. The van der Waals surface area contributed by atoms with Crippen LogP contribution in [0.3, 0.4) is 0 Å². The number of benzene rings is 2. The Kier molecular flexibility index (Phi) is 9.41. The van der Waals surface area contributed by atoms with Crippen LogP contribution in [0.5, 0.6) is 5.75 Å². The third-order valence-corrected chi connectivity index (χ3v) is 4.48. The molecule has 1 aliphatic rings. The molecular formula is C21H26NO2Y-. The molecule has 0 aromatic heterocycles. The van der Waals surface area contributed by atoms with Crippen LogP contribution in [-0.2, 0) is 45.6 Å². The maximum Gasteiger partial charge on any atom is 0.118 e. The van der Waals surface area contributed by atoms with Crippen molar-refractivity contribution in [3.8, 4) is 5.75 Å². The van der Waals surface area contributed by atoms with E-state index < -0.39 is 0 Å². The second kappa shape index (κ2) is 10.7. The van der Waals surface area contributed by atoms with Crippen molar-refractivity contribution in [1.29, 1.82) is 0 Å². The Hall–Kier alpha value is -1.16. The van der Waals surface area contributed by atoms with Gasteiger partial charge in [0.25, 0.3) is 0 Å². The van der Waals surface area contributed by atoms with Crippen molar-refractivity contribution >= 4 is 6.08 Å². The van der Waals surface area contributed by atoms with Crippen LogP contribution in [-0.4, -0.2) is 18.8 Å². The van der Waals surface area contributed by atoms with Gasteiger partial charge in [-0.1, -0.05) is 30.3 Å². The van der Waals surface area contributed by atoms with Crippen molar-refractivity contribution < 1.29 is 42.6 Å². The standard InChI is InChI=1S/C20H23NO2.CH3.Y/c1-23-18-6-2-15(3-7-18)10-12-21-20-9-5-17-14-16(11-13-22)4-8-19(17)20;;/h2-4,6-8,11,13-14,20-22H,5,9-10,12H2,1H3;1H3;/q;-1;/b13-11+;;. The van der Waals surface area contributed by atoms with Crippen LogP contribution < -0.4 is 10.1 Å². The molecule has 2 N–H and O–H groups in total. The molecule has 1 unspecified atom stereocenters. The number of ether oxygens (including phenoxy) is 1. The summed E-state index contributed by atoms with van der Waals surface area (Å²) in [5.74, 6) is 0.902. The molecule has 0 heterocycles. The van der Waals surface area contributed by atoms with E-state index in [-0.39, 0.29) is 40.1 Å². The zero-order valence-corrected chi connectivity index (χ0v) is 17.9. The Morgan fingerprint density at radius 3 is 2.64 bits per heavy atom. The maximum atomic E-state index is 8.88. The van der Waals surface area contributed by atoms with E-state index >= 15 is 0 Å². The predicted molar refractivity (Wildman–Crippen MR) is 100 cm³/mol. The van der Waals surface area contributed by atoms with E-state index in [2.05, 4.69) is 35.6 Å². The summed E-state index contributed by atoms with van der Waals surface area (Å²) in [6.45, 7) is 0.967. The van der Waals surface area contributed by atoms with Gasteiger partial charge < -0.3 is 22.6 Å². The summed E-state index contributed by atoms with van der Waals surface area (Å²) in [6, 6.07) is 15.1. The number of hydrogen-bond acceptors (Lipinski definition) is 3. The summed E-state index contributed by atoms with van der Waals surface area (Å²) in [7, 11) is 1.69. The number of nitrogens with one attached hydrogen (secondary N) is 1. The first-order chi connectivity index (χ1) is 11.3. The quantitative estimate of drug-likeness (QED) is 0.542. The zero-order chi connectivity index (χ0) is 16.1. The van der Waals surface area contributed by atoms with Crippen LogP contribution in [0, 0.1) is 7.43 Å². The van der Waals surface area contributed by atoms with Gasteiger partial charge in [0.15, 0.2) is 0 Å². The van der Waals surface area contributed by atoms with E-state index in [1.165, 1.54) is 16.7 Å². The second-order valence-electron chi connectivity index (χ2n) is 5.92. The average molecular weight is 413 g/mol. The van der Waals surface area contributed by atoms with Crippen molar-refractivity contribution in [3.05, 3.63) is 78.4 Å². The van der Waals surface area contributed by atoms with E-state index in [1.54, 1.807) is 13.2 Å². The van der Waals surface area contributed by atoms with E-state index in [0.29, 0.717) is 6.04 Å². The summed E-state index contributed by atoms with van der Waals surface area (Å²) in [6.07, 6.45) is 6.08. The molecule has 1 atom stereocenters. The fourth-order valence-electron chi connectivity index (χ4n) is 3.22. The first-order valence-electron chi connectivity index (χ1n) is 8.10. The van der Waals surface area contributed by atoms with E-state index in [4.69, 9.17) is 9.84 Å². The molecule has 0 saturated heterocycles. The molecule has 4 heteroatoms. The van der Waals surface area contributed by atoms with Crippen molar-refractivity contribution in [2.75, 3.05) is 13.7 Å². The largest absolute Gasteiger partial charge is 0.516 e. The van der Waals surface area contributed by atoms with Gasteiger partial charge in [-0.15, -0.1) is 0 Å². The van der Waals surface area contributed by atoms with Crippen LogP contribution in [0.2, 0.25) is 0 Å². The third kappa shape index (κ3) is 5.67. The van der Waals surface area contributed by atoms with Crippen molar-refractivity contribution in [3.63, 3.8) is 0 Å². The molecule has 1 radical (unpaired) electrons. The molecule has 0 saturated carbocycles. The number of fused-ring (bicyclic) bond motifs is 1. The molecule has 3 nitrogen and oxygen atoms in total. The number of aryl methyl sites for hydroxylation is 1. The maximum absolute atomic E-state index is 8.88. The van der Waals surface area contributed by atoms with E-state index in [0.717, 1.165) is 43.4 Å². The van der Waals surface area contributed by atoms with Crippen LogP contribution in [0.25, 0.3) is 6.08 Å². The van der Waals surface area contributed by atoms with Crippen molar-refractivity contribution in [2.45, 2.75) is 25.3 Å². The molecule has 2 aromatic rings. The minimum absolute atomic E-state index is 0. The molecule has 2 aromatic carbocycles. The molecule has 0 spiro atoms. The van der Waals surface area contributed by atoms with Gasteiger partial charge >= 0.3 is 0 Å². The van der Waals surface area contributed by atoms with Crippen LogP contribution in [0.1, 0.15) is 34.7 Å². The van der Waals surface area contributed by atoms with Gasteiger partial charge in [0.05, 0.1) is 13.4 Å². The minimum atomic E-state index is 0. The van der Waals surface area contributed by atoms with Gasteiger partial charge in [0, 0.05) is 38.8 Å². The Morgan fingerprint density at radius 2 is 1.96 bits per heavy atom. The van der Waals surface area contributed by atoms with Crippen LogP contribution in [0.4, 0.5) is 0 Å². The zero-order valence-electron chi connectivity index (χ0n) is 15.0. The van der Waals surface area contributed by atoms with Gasteiger partial charge in [-0.05, 0) is 66.3 Å². The average Bonchev–Trinajstić information content (AvgIpc) is 2.98. The normalized spacial score (nSPS) is 15.3. The van der Waals surface area contributed by atoms with Gasteiger partial charge in [0.2, 0.25) is 0 Å². The fourth-order valence-corrected chi connectivity index (χ4v) is 3.22. The molecule has 0 aliphatic heterocycles. The molecule has 0 fully saturated rings. The van der Waals surface area contributed by atoms with Gasteiger partial charge in [-0.2, -0.15) is 0 Å². The predicted octanol–water partition coefficient (Wildman–Crippen LogP) is 4.49. The minimum Gasteiger partial charge on any atom is -0.516 e. The molecular weight excluding hydrogens is 387 g/mol. The Labute approximate surface area is 176 Å². The summed E-state index contributed by atoms with van der Waals surface area (Å²) >= 11 is 0. The summed E-state index contributed by atoms with van der Waals surface area (Å²) in [5, 5.41) is 12.5. The second-order valence-corrected chi connectivity index (χ2v) is 5.92. The number of aliphatic hydroxyl groups is 1. The molecule has 1 aliphatic carbocycles. The van der Waals surface area contributed by atoms with E-state index in [9.17, 15) is 0 Å². The number of methoxy groups -OCH3 is 1. The number of hydrogen-bond donors (Lipinski definition) is 2. The molecule has 0 bridgehead atoms. The smallest absolute Gasteiger partial charge is 0.118 e. The monoisotopic (exact) mass is 413 g/mol. The van der Waals surface area contributed by atoms with Crippen LogP contribution in [0.15, 0.2) is 48.7 Å². The molecule has 131 valence electrons. The summed E-state index contributed by atoms with van der Waals surface area (Å²) in [4.78, 5) is 0. The number of rotatable bonds is 6. The van der Waals surface area contributed by atoms with Gasteiger partial charge in [-0.25, -0.2) is 0 Å². The Balaban J connectivity index is 0.00000156. The van der Waals surface area contributed by atoms with Crippen LogP contribution >= 0.6 is 0 Å². The first-order valence-corrected chi connectivity index (χ1v) is 8.10. The van der Waals surface area contributed by atoms with Crippen molar-refractivity contribution in [2.24, 2.45) is 0 Å².